The largest absolute Gasteiger partial charge is 0.466 e. The van der Waals surface area contributed by atoms with Gasteiger partial charge in [-0.2, -0.15) is 0 Å². The van der Waals surface area contributed by atoms with Gasteiger partial charge in [-0.25, -0.2) is 4.98 Å². The summed E-state index contributed by atoms with van der Waals surface area (Å²) in [6.45, 7) is 2.11. The predicted octanol–water partition coefficient (Wildman–Crippen LogP) is 1.74. The molecule has 0 unspecified atom stereocenters. The summed E-state index contributed by atoms with van der Waals surface area (Å²) in [5.74, 6) is -0.360. The van der Waals surface area contributed by atoms with E-state index in [9.17, 15) is 9.59 Å². The monoisotopic (exact) mass is 236 g/mol. The average molecular weight is 236 g/mol. The molecule has 1 aliphatic rings. The maximum atomic E-state index is 11.9. The number of aromatic nitrogens is 2. The molecule has 0 amide bonds. The van der Waals surface area contributed by atoms with Gasteiger partial charge in [-0.15, -0.1) is 0 Å². The van der Waals surface area contributed by atoms with Crippen LogP contribution in [0.3, 0.4) is 0 Å². The van der Waals surface area contributed by atoms with Crippen LogP contribution in [0.2, 0.25) is 0 Å². The van der Waals surface area contributed by atoms with Crippen molar-refractivity contribution in [2.45, 2.75) is 38.6 Å². The van der Waals surface area contributed by atoms with Gasteiger partial charge in [0.1, 0.15) is 5.69 Å². The van der Waals surface area contributed by atoms with E-state index in [1.807, 2.05) is 4.57 Å². The zero-order valence-corrected chi connectivity index (χ0v) is 9.89. The Bertz CT molecular complexity index is 421. The molecule has 1 aliphatic carbocycles. The van der Waals surface area contributed by atoms with Gasteiger partial charge in [-0.05, 0) is 19.8 Å². The second kappa shape index (κ2) is 5.12. The molecule has 0 N–H and O–H groups in total. The highest BCUT2D eigenvalue weighted by Gasteiger charge is 2.27. The first-order valence-electron chi connectivity index (χ1n) is 5.93. The van der Waals surface area contributed by atoms with Gasteiger partial charge in [-0.1, -0.05) is 0 Å². The molecular formula is C12H16N2O3. The number of ether oxygens (including phenoxy) is 1. The molecule has 0 aliphatic heterocycles. The molecule has 0 aromatic carbocycles. The molecule has 1 aromatic heterocycles. The number of hydrogen-bond acceptors (Lipinski definition) is 4. The summed E-state index contributed by atoms with van der Waals surface area (Å²) >= 11 is 0. The first kappa shape index (κ1) is 11.8. The van der Waals surface area contributed by atoms with Crippen molar-refractivity contribution in [1.82, 2.24) is 9.55 Å². The summed E-state index contributed by atoms with van der Waals surface area (Å²) in [4.78, 5) is 27.0. The summed E-state index contributed by atoms with van der Waals surface area (Å²) in [7, 11) is 0. The first-order chi connectivity index (χ1) is 8.22. The summed E-state index contributed by atoms with van der Waals surface area (Å²) in [5, 5.41) is 0. The molecule has 1 fully saturated rings. The predicted molar refractivity (Wildman–Crippen MR) is 60.7 cm³/mol. The molecule has 1 heterocycles. The van der Waals surface area contributed by atoms with Gasteiger partial charge >= 0.3 is 5.97 Å². The minimum Gasteiger partial charge on any atom is -0.466 e. The molecule has 17 heavy (non-hydrogen) atoms. The molecule has 5 nitrogen and oxygen atoms in total. The van der Waals surface area contributed by atoms with Crippen molar-refractivity contribution >= 4 is 11.8 Å². The average Bonchev–Trinajstić information content (AvgIpc) is 3.04. The van der Waals surface area contributed by atoms with Crippen molar-refractivity contribution in [2.24, 2.45) is 0 Å². The molecule has 0 saturated heterocycles. The molecular weight excluding hydrogens is 220 g/mol. The normalized spacial score (nSPS) is 14.6. The lowest BCUT2D eigenvalue weighted by Gasteiger charge is -2.05. The van der Waals surface area contributed by atoms with E-state index in [1.54, 1.807) is 19.4 Å². The summed E-state index contributed by atoms with van der Waals surface area (Å²) < 4.78 is 6.70. The Morgan fingerprint density at radius 1 is 1.47 bits per heavy atom. The van der Waals surface area contributed by atoms with Crippen LogP contribution >= 0.6 is 0 Å². The van der Waals surface area contributed by atoms with Gasteiger partial charge < -0.3 is 9.30 Å². The third kappa shape index (κ3) is 2.93. The minimum atomic E-state index is -0.321. The van der Waals surface area contributed by atoms with Gasteiger partial charge in [0.2, 0.25) is 0 Å². The van der Waals surface area contributed by atoms with Crippen LogP contribution in [-0.2, 0) is 9.53 Å². The van der Waals surface area contributed by atoms with Crippen LogP contribution in [0.25, 0.3) is 0 Å². The van der Waals surface area contributed by atoms with Crippen molar-refractivity contribution in [3.63, 3.8) is 0 Å². The Morgan fingerprint density at radius 2 is 2.24 bits per heavy atom. The zero-order chi connectivity index (χ0) is 12.3. The number of hydrogen-bond donors (Lipinski definition) is 0. The zero-order valence-electron chi connectivity index (χ0n) is 9.89. The maximum Gasteiger partial charge on any atom is 0.306 e. The van der Waals surface area contributed by atoms with Gasteiger partial charge in [-0.3, -0.25) is 9.59 Å². The molecule has 0 radical (unpaired) electrons. The third-order valence-electron chi connectivity index (χ3n) is 2.75. The van der Waals surface area contributed by atoms with Crippen LogP contribution < -0.4 is 0 Å². The van der Waals surface area contributed by atoms with Crippen LogP contribution in [0.15, 0.2) is 12.5 Å². The Hall–Kier alpha value is -1.65. The number of nitrogens with zero attached hydrogens (tertiary/aromatic N) is 2. The summed E-state index contributed by atoms with van der Waals surface area (Å²) in [5.41, 5.74) is 0.608. The third-order valence-corrected chi connectivity index (χ3v) is 2.75. The summed E-state index contributed by atoms with van der Waals surface area (Å²) in [6, 6.07) is 0.430. The number of esters is 1. The van der Waals surface area contributed by atoms with Crippen molar-refractivity contribution in [3.8, 4) is 0 Å². The van der Waals surface area contributed by atoms with E-state index >= 15 is 0 Å². The van der Waals surface area contributed by atoms with Crippen molar-refractivity contribution < 1.29 is 14.3 Å². The van der Waals surface area contributed by atoms with Crippen LogP contribution in [-0.4, -0.2) is 27.9 Å². The molecule has 5 heteroatoms. The van der Waals surface area contributed by atoms with Crippen molar-refractivity contribution in [1.29, 1.82) is 0 Å². The van der Waals surface area contributed by atoms with E-state index < -0.39 is 0 Å². The van der Waals surface area contributed by atoms with Crippen molar-refractivity contribution in [2.75, 3.05) is 6.61 Å². The number of rotatable bonds is 6. The number of carbonyl (C=O) groups excluding carboxylic acids is 2. The second-order valence-corrected chi connectivity index (χ2v) is 4.15. The second-order valence-electron chi connectivity index (χ2n) is 4.15. The Balaban J connectivity index is 1.90. The van der Waals surface area contributed by atoms with E-state index in [4.69, 9.17) is 4.74 Å². The molecule has 92 valence electrons. The van der Waals surface area contributed by atoms with E-state index in [0.717, 1.165) is 12.8 Å². The van der Waals surface area contributed by atoms with E-state index in [2.05, 4.69) is 4.98 Å². The number of Topliss-reactive ketones (excluding diaryl/α,β-unsaturated/α-hetero) is 1. The lowest BCUT2D eigenvalue weighted by molar-refractivity contribution is -0.143. The fourth-order valence-corrected chi connectivity index (χ4v) is 1.74. The van der Waals surface area contributed by atoms with Gasteiger partial charge in [0.25, 0.3) is 0 Å². The molecule has 0 bridgehead atoms. The first-order valence-corrected chi connectivity index (χ1v) is 5.93. The van der Waals surface area contributed by atoms with Crippen molar-refractivity contribution in [3.05, 3.63) is 18.2 Å². The minimum absolute atomic E-state index is 0.0394. The highest BCUT2D eigenvalue weighted by Crippen LogP contribution is 2.35. The van der Waals surface area contributed by atoms with Crippen LogP contribution in [0.4, 0.5) is 0 Å². The Kier molecular flexibility index (Phi) is 3.56. The molecule has 0 atom stereocenters. The smallest absolute Gasteiger partial charge is 0.306 e. The number of ketones is 1. The molecule has 2 rings (SSSR count). The van der Waals surface area contributed by atoms with Gasteiger partial charge in [0, 0.05) is 12.5 Å². The fourth-order valence-electron chi connectivity index (χ4n) is 1.74. The lowest BCUT2D eigenvalue weighted by atomic mass is 10.2. The SMILES string of the molecule is CCOC(=O)CCC(=O)c1cncn1C1CC1. The van der Waals surface area contributed by atoms with Crippen LogP contribution in [0.1, 0.15) is 49.1 Å². The highest BCUT2D eigenvalue weighted by molar-refractivity contribution is 5.96. The van der Waals surface area contributed by atoms with E-state index in [-0.39, 0.29) is 24.6 Å². The van der Waals surface area contributed by atoms with E-state index in [0.29, 0.717) is 18.3 Å². The summed E-state index contributed by atoms with van der Waals surface area (Å²) in [6.07, 6.45) is 5.81. The lowest BCUT2D eigenvalue weighted by Crippen LogP contribution is -2.11. The van der Waals surface area contributed by atoms with Crippen LogP contribution in [0, 0.1) is 0 Å². The topological polar surface area (TPSA) is 61.2 Å². The van der Waals surface area contributed by atoms with Crippen LogP contribution in [0.5, 0.6) is 0 Å². The number of carbonyl (C=O) groups is 2. The van der Waals surface area contributed by atoms with Gasteiger partial charge in [0.05, 0.1) is 25.6 Å². The standard InChI is InChI=1S/C12H16N2O3/c1-2-17-12(16)6-5-11(15)10-7-13-8-14(10)9-3-4-9/h7-9H,2-6H2,1H3. The maximum absolute atomic E-state index is 11.9. The van der Waals surface area contributed by atoms with E-state index in [1.165, 1.54) is 0 Å². The molecule has 1 saturated carbocycles. The quantitative estimate of drug-likeness (QED) is 0.557. The van der Waals surface area contributed by atoms with Gasteiger partial charge in [0.15, 0.2) is 5.78 Å². The fraction of sp³-hybridized carbons (Fsp3) is 0.583. The Morgan fingerprint density at radius 3 is 2.88 bits per heavy atom. The highest BCUT2D eigenvalue weighted by atomic mass is 16.5. The number of imidazole rings is 1. The molecule has 1 aromatic rings. The molecule has 0 spiro atoms. The Labute approximate surface area is 99.8 Å².